The average molecular weight is 266 g/mol. The Labute approximate surface area is 113 Å². The van der Waals surface area contributed by atoms with E-state index in [-0.39, 0.29) is 0 Å². The van der Waals surface area contributed by atoms with Gasteiger partial charge in [-0.25, -0.2) is 8.78 Å². The number of rotatable bonds is 3. The van der Waals surface area contributed by atoms with Crippen LogP contribution in [0.15, 0.2) is 18.2 Å². The summed E-state index contributed by atoms with van der Waals surface area (Å²) in [4.78, 5) is 4.99. The Morgan fingerprint density at radius 3 is 2.63 bits per heavy atom. The Bertz CT molecular complexity index is 430. The molecule has 2 aliphatic rings. The molecule has 19 heavy (non-hydrogen) atoms. The van der Waals surface area contributed by atoms with Crippen molar-refractivity contribution < 1.29 is 8.78 Å². The Hall–Kier alpha value is -1.00. The molecule has 2 heterocycles. The minimum Gasteiger partial charge on any atom is -0.300 e. The monoisotopic (exact) mass is 266 g/mol. The maximum Gasteiger partial charge on any atom is 0.126 e. The summed E-state index contributed by atoms with van der Waals surface area (Å²) in [7, 11) is 0. The molecule has 4 heteroatoms. The van der Waals surface area contributed by atoms with E-state index in [4.69, 9.17) is 0 Å². The highest BCUT2D eigenvalue weighted by atomic mass is 19.1. The second-order valence-electron chi connectivity index (χ2n) is 5.66. The standard InChI is InChI=1S/C15H20F2N2/c16-13-8-12(9-14(17)10-13)3-5-18-6-7-19-4-1-2-15(19)11-18/h8-10,15H,1-7,11H2. The Kier molecular flexibility index (Phi) is 3.80. The number of halogens is 2. The minimum absolute atomic E-state index is 0.476. The fourth-order valence-electron chi connectivity index (χ4n) is 3.30. The summed E-state index contributed by atoms with van der Waals surface area (Å²) in [5, 5.41) is 0. The molecule has 1 aromatic carbocycles. The second kappa shape index (κ2) is 5.55. The van der Waals surface area contributed by atoms with Crippen LogP contribution in [0.4, 0.5) is 8.78 Å². The third-order valence-electron chi connectivity index (χ3n) is 4.31. The van der Waals surface area contributed by atoms with Crippen LogP contribution in [0.1, 0.15) is 18.4 Å². The van der Waals surface area contributed by atoms with Gasteiger partial charge in [0.05, 0.1) is 0 Å². The largest absolute Gasteiger partial charge is 0.300 e. The summed E-state index contributed by atoms with van der Waals surface area (Å²) in [5.41, 5.74) is 0.756. The minimum atomic E-state index is -0.476. The van der Waals surface area contributed by atoms with E-state index in [1.54, 1.807) is 0 Å². The van der Waals surface area contributed by atoms with Crippen LogP contribution < -0.4 is 0 Å². The smallest absolute Gasteiger partial charge is 0.126 e. The Morgan fingerprint density at radius 2 is 1.84 bits per heavy atom. The van der Waals surface area contributed by atoms with Crippen LogP contribution in [0, 0.1) is 11.6 Å². The third-order valence-corrected chi connectivity index (χ3v) is 4.31. The molecular weight excluding hydrogens is 246 g/mol. The van der Waals surface area contributed by atoms with Crippen LogP contribution in [-0.2, 0) is 6.42 Å². The van der Waals surface area contributed by atoms with E-state index in [0.717, 1.165) is 44.2 Å². The van der Waals surface area contributed by atoms with Crippen molar-refractivity contribution in [1.29, 1.82) is 0 Å². The van der Waals surface area contributed by atoms with Gasteiger partial charge in [-0.1, -0.05) is 0 Å². The lowest BCUT2D eigenvalue weighted by atomic mass is 10.1. The highest BCUT2D eigenvalue weighted by Crippen LogP contribution is 2.21. The SMILES string of the molecule is Fc1cc(F)cc(CCN2CCN3CCCC3C2)c1. The highest BCUT2D eigenvalue weighted by Gasteiger charge is 2.30. The molecule has 1 atom stereocenters. The molecule has 0 aliphatic carbocycles. The van der Waals surface area contributed by atoms with Crippen molar-refractivity contribution in [3.05, 3.63) is 35.4 Å². The predicted octanol–water partition coefficient (Wildman–Crippen LogP) is 2.29. The summed E-state index contributed by atoms with van der Waals surface area (Å²) in [6.45, 7) is 5.47. The molecule has 1 aromatic rings. The molecule has 0 N–H and O–H groups in total. The first-order valence-electron chi connectivity index (χ1n) is 7.12. The molecule has 2 saturated heterocycles. The maximum atomic E-state index is 13.1. The highest BCUT2D eigenvalue weighted by molar-refractivity contribution is 5.18. The van der Waals surface area contributed by atoms with Crippen molar-refractivity contribution in [2.24, 2.45) is 0 Å². The second-order valence-corrected chi connectivity index (χ2v) is 5.66. The van der Waals surface area contributed by atoms with Crippen molar-refractivity contribution in [3.8, 4) is 0 Å². The zero-order valence-corrected chi connectivity index (χ0v) is 11.1. The molecule has 2 aliphatic heterocycles. The van der Waals surface area contributed by atoms with Gasteiger partial charge in [0.15, 0.2) is 0 Å². The van der Waals surface area contributed by atoms with Gasteiger partial charge in [-0.15, -0.1) is 0 Å². The van der Waals surface area contributed by atoms with E-state index in [9.17, 15) is 8.78 Å². The van der Waals surface area contributed by atoms with Gasteiger partial charge in [0, 0.05) is 38.3 Å². The van der Waals surface area contributed by atoms with Crippen LogP contribution in [0.5, 0.6) is 0 Å². The first-order chi connectivity index (χ1) is 9.20. The molecule has 1 unspecified atom stereocenters. The van der Waals surface area contributed by atoms with Crippen LogP contribution >= 0.6 is 0 Å². The molecule has 0 radical (unpaired) electrons. The van der Waals surface area contributed by atoms with E-state index < -0.39 is 11.6 Å². The van der Waals surface area contributed by atoms with Crippen LogP contribution in [-0.4, -0.2) is 48.6 Å². The van der Waals surface area contributed by atoms with Gasteiger partial charge >= 0.3 is 0 Å². The molecule has 0 aromatic heterocycles. The lowest BCUT2D eigenvalue weighted by Gasteiger charge is -2.37. The van der Waals surface area contributed by atoms with E-state index in [0.29, 0.717) is 6.04 Å². The topological polar surface area (TPSA) is 6.48 Å². The quantitative estimate of drug-likeness (QED) is 0.828. The summed E-state index contributed by atoms with van der Waals surface area (Å²) in [6, 6.07) is 4.52. The van der Waals surface area contributed by atoms with Crippen molar-refractivity contribution in [2.75, 3.05) is 32.7 Å². The van der Waals surface area contributed by atoms with Gasteiger partial charge in [0.25, 0.3) is 0 Å². The molecule has 0 amide bonds. The predicted molar refractivity (Wildman–Crippen MR) is 71.1 cm³/mol. The average Bonchev–Trinajstić information content (AvgIpc) is 2.82. The van der Waals surface area contributed by atoms with Gasteiger partial charge in [0.1, 0.15) is 11.6 Å². The zero-order valence-electron chi connectivity index (χ0n) is 11.1. The summed E-state index contributed by atoms with van der Waals surface area (Å²) in [6.07, 6.45) is 3.33. The lowest BCUT2D eigenvalue weighted by Crippen LogP contribution is -2.50. The fraction of sp³-hybridized carbons (Fsp3) is 0.600. The Balaban J connectivity index is 1.54. The molecular formula is C15H20F2N2. The molecule has 3 rings (SSSR count). The summed E-state index contributed by atoms with van der Waals surface area (Å²) >= 11 is 0. The van der Waals surface area contributed by atoms with Gasteiger partial charge in [-0.05, 0) is 43.5 Å². The number of benzene rings is 1. The van der Waals surface area contributed by atoms with E-state index >= 15 is 0 Å². The van der Waals surface area contributed by atoms with E-state index in [1.807, 2.05) is 0 Å². The van der Waals surface area contributed by atoms with Crippen molar-refractivity contribution in [1.82, 2.24) is 9.80 Å². The lowest BCUT2D eigenvalue weighted by molar-refractivity contribution is 0.105. The molecule has 0 spiro atoms. The van der Waals surface area contributed by atoms with Crippen LogP contribution in [0.3, 0.4) is 0 Å². The first-order valence-corrected chi connectivity index (χ1v) is 7.12. The fourth-order valence-corrected chi connectivity index (χ4v) is 3.30. The van der Waals surface area contributed by atoms with Crippen molar-refractivity contribution in [2.45, 2.75) is 25.3 Å². The number of hydrogen-bond acceptors (Lipinski definition) is 2. The number of nitrogens with zero attached hydrogens (tertiary/aromatic N) is 2. The third kappa shape index (κ3) is 3.12. The molecule has 0 saturated carbocycles. The summed E-state index contributed by atoms with van der Waals surface area (Å²) < 4.78 is 26.2. The maximum absolute atomic E-state index is 13.1. The molecule has 104 valence electrons. The van der Waals surface area contributed by atoms with E-state index in [1.165, 1.54) is 31.5 Å². The first kappa shape index (κ1) is 13.0. The van der Waals surface area contributed by atoms with Gasteiger partial charge < -0.3 is 4.90 Å². The zero-order chi connectivity index (χ0) is 13.2. The number of hydrogen-bond donors (Lipinski definition) is 0. The van der Waals surface area contributed by atoms with Crippen molar-refractivity contribution >= 4 is 0 Å². The molecule has 0 bridgehead atoms. The van der Waals surface area contributed by atoms with Crippen molar-refractivity contribution in [3.63, 3.8) is 0 Å². The van der Waals surface area contributed by atoms with Crippen LogP contribution in [0.25, 0.3) is 0 Å². The van der Waals surface area contributed by atoms with Gasteiger partial charge in [0.2, 0.25) is 0 Å². The van der Waals surface area contributed by atoms with E-state index in [2.05, 4.69) is 9.80 Å². The Morgan fingerprint density at radius 1 is 1.05 bits per heavy atom. The van der Waals surface area contributed by atoms with Gasteiger partial charge in [-0.3, -0.25) is 4.90 Å². The number of piperazine rings is 1. The van der Waals surface area contributed by atoms with Gasteiger partial charge in [-0.2, -0.15) is 0 Å². The number of fused-ring (bicyclic) bond motifs is 1. The molecule has 2 fully saturated rings. The molecule has 2 nitrogen and oxygen atoms in total. The van der Waals surface area contributed by atoms with Crippen LogP contribution in [0.2, 0.25) is 0 Å². The normalized spacial score (nSPS) is 24.6. The summed E-state index contributed by atoms with van der Waals surface area (Å²) in [5.74, 6) is -0.953.